The molecule has 0 saturated heterocycles. The lowest BCUT2D eigenvalue weighted by molar-refractivity contribution is -0.156. The number of nitrogens with zero attached hydrogens (tertiary/aromatic N) is 2. The van der Waals surface area contributed by atoms with Crippen molar-refractivity contribution in [2.45, 2.75) is 123 Å². The standard InChI is InChI=1S/C43H65N5O8S/c1-6-31-12-11-13-34(28-31)47(7-2)39(50)30-48-35-20-27-57-37(35)29-36(48)42(53)46-33-17-15-32(16-18-33)41(52)45-21-10-8-9-14-38(49)44-22-24-55-26-25-54-23-19-40(51)56-43(3,4)5/h11-13,20,27-29,32-33,38,44,49H,6-10,14-19,21-26,30H2,1-5H3,(H,45,52)(H,46,53). The molecule has 4 rings (SSSR count). The molecule has 1 saturated carbocycles. The Bertz CT molecular complexity index is 1710. The molecular weight excluding hydrogens is 747 g/mol. The Morgan fingerprint density at radius 2 is 1.70 bits per heavy atom. The van der Waals surface area contributed by atoms with E-state index in [2.05, 4.69) is 35.0 Å². The number of hydrogen-bond acceptors (Lipinski definition) is 10. The Morgan fingerprint density at radius 1 is 0.947 bits per heavy atom. The van der Waals surface area contributed by atoms with Gasteiger partial charge in [-0.3, -0.25) is 24.5 Å². The van der Waals surface area contributed by atoms with Crippen LogP contribution >= 0.6 is 11.3 Å². The zero-order chi connectivity index (χ0) is 41.2. The number of nitrogens with one attached hydrogen (secondary N) is 3. The van der Waals surface area contributed by atoms with Crippen molar-refractivity contribution in [1.29, 1.82) is 0 Å². The zero-order valence-electron chi connectivity index (χ0n) is 34.6. The molecule has 57 heavy (non-hydrogen) atoms. The van der Waals surface area contributed by atoms with E-state index < -0.39 is 11.8 Å². The van der Waals surface area contributed by atoms with E-state index in [1.54, 1.807) is 16.2 Å². The van der Waals surface area contributed by atoms with Crippen LogP contribution in [0.1, 0.15) is 108 Å². The van der Waals surface area contributed by atoms with Crippen LogP contribution in [0.25, 0.3) is 10.2 Å². The van der Waals surface area contributed by atoms with Crippen LogP contribution in [0.4, 0.5) is 5.69 Å². The third-order valence-electron chi connectivity index (χ3n) is 10.1. The highest BCUT2D eigenvalue weighted by molar-refractivity contribution is 7.17. The number of aliphatic hydroxyl groups excluding tert-OH is 1. The SMILES string of the molecule is CCc1cccc(N(CC)C(=O)Cn2c(C(=O)NC3CCC(C(=O)NCCCCCC(O)NCCOCCOCCC(=O)OC(C)(C)C)CC3)cc3sccc32)c1. The topological polar surface area (TPSA) is 160 Å². The highest BCUT2D eigenvalue weighted by Crippen LogP contribution is 2.28. The molecular formula is C43H65N5O8S. The van der Waals surface area contributed by atoms with Gasteiger partial charge in [0.05, 0.1) is 43.1 Å². The number of aromatic nitrogens is 1. The number of esters is 1. The predicted molar refractivity (Wildman–Crippen MR) is 224 cm³/mol. The Balaban J connectivity index is 1.07. The molecule has 1 atom stereocenters. The first-order valence-corrected chi connectivity index (χ1v) is 21.6. The zero-order valence-corrected chi connectivity index (χ0v) is 35.4. The molecule has 1 unspecified atom stereocenters. The van der Waals surface area contributed by atoms with Crippen molar-refractivity contribution in [1.82, 2.24) is 20.5 Å². The molecule has 1 aliphatic carbocycles. The van der Waals surface area contributed by atoms with E-state index in [-0.39, 0.29) is 55.2 Å². The summed E-state index contributed by atoms with van der Waals surface area (Å²) in [7, 11) is 0. The van der Waals surface area contributed by atoms with Crippen LogP contribution < -0.4 is 20.9 Å². The second-order valence-electron chi connectivity index (χ2n) is 15.6. The Kier molecular flexibility index (Phi) is 19.0. The van der Waals surface area contributed by atoms with E-state index >= 15 is 0 Å². The fourth-order valence-electron chi connectivity index (χ4n) is 7.03. The van der Waals surface area contributed by atoms with E-state index in [9.17, 15) is 24.3 Å². The Morgan fingerprint density at radius 3 is 2.42 bits per heavy atom. The number of likely N-dealkylation sites (N-methyl/N-ethyl adjacent to an activating group) is 1. The number of amides is 3. The number of hydrogen-bond donors (Lipinski definition) is 4. The van der Waals surface area contributed by atoms with Gasteiger partial charge < -0.3 is 39.4 Å². The number of anilines is 1. The van der Waals surface area contributed by atoms with E-state index in [0.717, 1.165) is 54.4 Å². The lowest BCUT2D eigenvalue weighted by Gasteiger charge is -2.28. The van der Waals surface area contributed by atoms with Crippen LogP contribution in [-0.4, -0.2) is 97.3 Å². The fraction of sp³-hybridized carbons (Fsp3) is 0.628. The molecule has 14 heteroatoms. The maximum absolute atomic E-state index is 13.7. The predicted octanol–water partition coefficient (Wildman–Crippen LogP) is 5.96. The normalized spacial score (nSPS) is 16.3. The summed E-state index contributed by atoms with van der Waals surface area (Å²) >= 11 is 1.55. The molecule has 316 valence electrons. The van der Waals surface area contributed by atoms with Gasteiger partial charge in [-0.15, -0.1) is 11.3 Å². The van der Waals surface area contributed by atoms with E-state index in [0.29, 0.717) is 64.4 Å². The van der Waals surface area contributed by atoms with E-state index in [1.807, 2.05) is 61.9 Å². The third kappa shape index (κ3) is 15.5. The number of ether oxygens (including phenoxy) is 3. The number of aliphatic hydroxyl groups is 1. The molecule has 1 fully saturated rings. The Labute approximate surface area is 342 Å². The van der Waals surface area contributed by atoms with Gasteiger partial charge in [0, 0.05) is 37.3 Å². The maximum atomic E-state index is 13.7. The average Bonchev–Trinajstić information content (AvgIpc) is 3.78. The second kappa shape index (κ2) is 23.6. The van der Waals surface area contributed by atoms with E-state index in [4.69, 9.17) is 14.2 Å². The van der Waals surface area contributed by atoms with Crippen molar-refractivity contribution in [2.75, 3.05) is 51.0 Å². The summed E-state index contributed by atoms with van der Waals surface area (Å²) in [4.78, 5) is 53.7. The molecule has 0 spiro atoms. The molecule has 13 nitrogen and oxygen atoms in total. The highest BCUT2D eigenvalue weighted by atomic mass is 32.1. The van der Waals surface area contributed by atoms with E-state index in [1.165, 1.54) is 5.56 Å². The number of carbonyl (C=O) groups excluding carboxylic acids is 4. The molecule has 1 aromatic carbocycles. The molecule has 3 aromatic rings. The van der Waals surface area contributed by atoms with Crippen LogP contribution in [0.3, 0.4) is 0 Å². The van der Waals surface area contributed by atoms with Gasteiger partial charge in [0.25, 0.3) is 5.91 Å². The number of rotatable bonds is 24. The van der Waals surface area contributed by atoms with Crippen molar-refractivity contribution in [3.8, 4) is 0 Å². The molecule has 1 aliphatic rings. The summed E-state index contributed by atoms with van der Waals surface area (Å²) in [5.41, 5.74) is 2.88. The number of aryl methyl sites for hydroxylation is 1. The average molecular weight is 812 g/mol. The van der Waals surface area contributed by atoms with Crippen molar-refractivity contribution in [2.24, 2.45) is 5.92 Å². The van der Waals surface area contributed by atoms with Crippen LogP contribution in [0.5, 0.6) is 0 Å². The summed E-state index contributed by atoms with van der Waals surface area (Å²) in [5.74, 6) is -0.564. The number of unbranched alkanes of at least 4 members (excludes halogenated alkanes) is 2. The van der Waals surface area contributed by atoms with Gasteiger partial charge in [-0.05, 0) is 114 Å². The summed E-state index contributed by atoms with van der Waals surface area (Å²) in [6.45, 7) is 12.8. The molecule has 2 heterocycles. The van der Waals surface area contributed by atoms with Gasteiger partial charge >= 0.3 is 5.97 Å². The maximum Gasteiger partial charge on any atom is 0.308 e. The van der Waals surface area contributed by atoms with Crippen LogP contribution in [0, 0.1) is 5.92 Å². The van der Waals surface area contributed by atoms with Crippen LogP contribution in [-0.2, 0) is 41.6 Å². The van der Waals surface area contributed by atoms with Gasteiger partial charge in [0.15, 0.2) is 0 Å². The summed E-state index contributed by atoms with van der Waals surface area (Å²) in [6, 6.07) is 11.8. The minimum Gasteiger partial charge on any atom is -0.460 e. The van der Waals surface area contributed by atoms with Crippen molar-refractivity contribution in [3.05, 3.63) is 53.0 Å². The number of benzene rings is 1. The Hall–Kier alpha value is -3.82. The van der Waals surface area contributed by atoms with Gasteiger partial charge in [0.1, 0.15) is 24.1 Å². The first-order chi connectivity index (χ1) is 27.4. The van der Waals surface area contributed by atoms with Gasteiger partial charge in [0.2, 0.25) is 11.8 Å². The minimum absolute atomic E-state index is 0.0366. The van der Waals surface area contributed by atoms with Gasteiger partial charge in [-0.1, -0.05) is 25.5 Å². The quantitative estimate of drug-likeness (QED) is 0.0487. The third-order valence-corrected chi connectivity index (χ3v) is 10.9. The number of carbonyl (C=O) groups is 4. The molecule has 2 aromatic heterocycles. The summed E-state index contributed by atoms with van der Waals surface area (Å²) in [6.07, 6.45) is 6.49. The van der Waals surface area contributed by atoms with Crippen molar-refractivity contribution >= 4 is 50.9 Å². The van der Waals surface area contributed by atoms with Crippen LogP contribution in [0.15, 0.2) is 41.8 Å². The number of fused-ring (bicyclic) bond motifs is 1. The summed E-state index contributed by atoms with van der Waals surface area (Å²) in [5, 5.41) is 21.5. The largest absolute Gasteiger partial charge is 0.460 e. The summed E-state index contributed by atoms with van der Waals surface area (Å²) < 4.78 is 18.9. The second-order valence-corrected chi connectivity index (χ2v) is 16.6. The first-order valence-electron chi connectivity index (χ1n) is 20.7. The van der Waals surface area contributed by atoms with Crippen molar-refractivity contribution in [3.63, 3.8) is 0 Å². The van der Waals surface area contributed by atoms with Gasteiger partial charge in [-0.25, -0.2) is 0 Å². The number of thiophene rings is 1. The van der Waals surface area contributed by atoms with Crippen molar-refractivity contribution < 1.29 is 38.5 Å². The molecule has 0 radical (unpaired) electrons. The first kappa shape index (κ1) is 45.9. The molecule has 0 aliphatic heterocycles. The molecule has 0 bridgehead atoms. The lowest BCUT2D eigenvalue weighted by atomic mass is 9.85. The minimum atomic E-state index is -0.618. The highest BCUT2D eigenvalue weighted by Gasteiger charge is 2.29. The smallest absolute Gasteiger partial charge is 0.308 e. The van der Waals surface area contributed by atoms with Crippen LogP contribution in [0.2, 0.25) is 0 Å². The lowest BCUT2D eigenvalue weighted by Crippen LogP contribution is -2.42. The van der Waals surface area contributed by atoms with Gasteiger partial charge in [-0.2, -0.15) is 0 Å². The molecule has 4 N–H and O–H groups in total. The molecule has 3 amide bonds. The monoisotopic (exact) mass is 811 g/mol. The fourth-order valence-corrected chi connectivity index (χ4v) is 7.85.